The lowest BCUT2D eigenvalue weighted by atomic mass is 10.1. The molecule has 7 heteroatoms. The van der Waals surface area contributed by atoms with Gasteiger partial charge in [0.15, 0.2) is 0 Å². The first-order valence-corrected chi connectivity index (χ1v) is 7.11. The Balaban J connectivity index is 1.90. The number of halogens is 1. The van der Waals surface area contributed by atoms with Crippen molar-refractivity contribution < 1.29 is 9.18 Å². The molecule has 0 saturated carbocycles. The number of rotatable bonds is 4. The molecule has 0 fully saturated rings. The number of carbonyl (C=O) groups excluding carboxylic acids is 1. The van der Waals surface area contributed by atoms with E-state index in [1.165, 1.54) is 23.0 Å². The Morgan fingerprint density at radius 1 is 1.22 bits per heavy atom. The monoisotopic (exact) mass is 311 g/mol. The van der Waals surface area contributed by atoms with Crippen molar-refractivity contribution in [1.82, 2.24) is 20.2 Å². The minimum atomic E-state index is -0.460. The van der Waals surface area contributed by atoms with Gasteiger partial charge in [-0.15, -0.1) is 10.2 Å². The van der Waals surface area contributed by atoms with Crippen LogP contribution >= 0.6 is 0 Å². The van der Waals surface area contributed by atoms with Crippen molar-refractivity contribution >= 4 is 11.6 Å². The van der Waals surface area contributed by atoms with Gasteiger partial charge in [-0.05, 0) is 42.5 Å². The molecule has 0 atom stereocenters. The topological polar surface area (TPSA) is 72.7 Å². The summed E-state index contributed by atoms with van der Waals surface area (Å²) >= 11 is 0. The number of anilines is 1. The molecule has 1 heterocycles. The number of carbonyl (C=O) groups is 1. The number of tetrazole rings is 1. The zero-order valence-electron chi connectivity index (χ0n) is 12.4. The highest BCUT2D eigenvalue weighted by atomic mass is 19.1. The van der Waals surface area contributed by atoms with Crippen LogP contribution in [-0.2, 0) is 6.54 Å². The predicted molar refractivity (Wildman–Crippen MR) is 83.3 cm³/mol. The van der Waals surface area contributed by atoms with Gasteiger partial charge in [0.25, 0.3) is 5.91 Å². The smallest absolute Gasteiger partial charge is 0.255 e. The second kappa shape index (κ2) is 6.35. The molecule has 0 aliphatic rings. The molecule has 0 aliphatic carbocycles. The molecule has 1 N–H and O–H groups in total. The first-order chi connectivity index (χ1) is 11.2. The van der Waals surface area contributed by atoms with E-state index in [0.717, 1.165) is 0 Å². The van der Waals surface area contributed by atoms with Gasteiger partial charge in [0.1, 0.15) is 5.82 Å². The van der Waals surface area contributed by atoms with E-state index in [-0.39, 0.29) is 5.56 Å². The second-order valence-corrected chi connectivity index (χ2v) is 4.81. The van der Waals surface area contributed by atoms with Crippen LogP contribution in [0.4, 0.5) is 10.1 Å². The van der Waals surface area contributed by atoms with Gasteiger partial charge in [0.05, 0.1) is 12.2 Å². The number of hydrogen-bond acceptors (Lipinski definition) is 4. The van der Waals surface area contributed by atoms with Gasteiger partial charge in [0, 0.05) is 11.1 Å². The summed E-state index contributed by atoms with van der Waals surface area (Å²) in [6.07, 6.45) is 0. The van der Waals surface area contributed by atoms with Gasteiger partial charge >= 0.3 is 0 Å². The van der Waals surface area contributed by atoms with Crippen molar-refractivity contribution in [2.24, 2.45) is 0 Å². The molecule has 0 radical (unpaired) electrons. The van der Waals surface area contributed by atoms with Crippen molar-refractivity contribution in [3.05, 3.63) is 59.9 Å². The van der Waals surface area contributed by atoms with E-state index in [4.69, 9.17) is 0 Å². The highest BCUT2D eigenvalue weighted by molar-refractivity contribution is 6.06. The number of aryl methyl sites for hydroxylation is 1. The van der Waals surface area contributed by atoms with Gasteiger partial charge in [-0.1, -0.05) is 18.2 Å². The summed E-state index contributed by atoms with van der Waals surface area (Å²) in [4.78, 5) is 13.7. The van der Waals surface area contributed by atoms with Crippen molar-refractivity contribution in [1.29, 1.82) is 0 Å². The molecule has 0 bridgehead atoms. The minimum Gasteiger partial charge on any atom is -0.321 e. The molecule has 116 valence electrons. The summed E-state index contributed by atoms with van der Waals surface area (Å²) in [7, 11) is 0. The Labute approximate surface area is 132 Å². The van der Waals surface area contributed by atoms with E-state index < -0.39 is 11.7 Å². The molecule has 1 aromatic heterocycles. The lowest BCUT2D eigenvalue weighted by molar-refractivity contribution is 0.102. The summed E-state index contributed by atoms with van der Waals surface area (Å²) in [5.74, 6) is -0.444. The molecule has 3 rings (SSSR count). The van der Waals surface area contributed by atoms with Gasteiger partial charge in [-0.3, -0.25) is 4.79 Å². The van der Waals surface area contributed by atoms with Crippen LogP contribution in [0, 0.1) is 5.82 Å². The van der Waals surface area contributed by atoms with Crippen LogP contribution in [0.1, 0.15) is 17.3 Å². The molecule has 0 aliphatic heterocycles. The van der Waals surface area contributed by atoms with Gasteiger partial charge in [0.2, 0.25) is 5.82 Å². The number of benzene rings is 2. The maximum Gasteiger partial charge on any atom is 0.255 e. The summed E-state index contributed by atoms with van der Waals surface area (Å²) in [6.45, 7) is 2.51. The summed E-state index contributed by atoms with van der Waals surface area (Å²) < 4.78 is 13.2. The third-order valence-corrected chi connectivity index (χ3v) is 3.24. The number of nitrogens with zero attached hydrogens (tertiary/aromatic N) is 4. The van der Waals surface area contributed by atoms with E-state index in [1.807, 2.05) is 13.0 Å². The zero-order valence-corrected chi connectivity index (χ0v) is 12.4. The average Bonchev–Trinajstić information content (AvgIpc) is 3.04. The average molecular weight is 311 g/mol. The van der Waals surface area contributed by atoms with E-state index in [9.17, 15) is 9.18 Å². The quantitative estimate of drug-likeness (QED) is 0.804. The molecule has 3 aromatic rings. The van der Waals surface area contributed by atoms with Crippen LogP contribution in [0.3, 0.4) is 0 Å². The van der Waals surface area contributed by atoms with E-state index in [1.54, 1.807) is 24.3 Å². The van der Waals surface area contributed by atoms with Crippen LogP contribution in [0.15, 0.2) is 48.5 Å². The van der Waals surface area contributed by atoms with E-state index in [0.29, 0.717) is 23.6 Å². The maximum absolute atomic E-state index is 13.2. The van der Waals surface area contributed by atoms with Gasteiger partial charge in [-0.25, -0.2) is 4.39 Å². The Hall–Kier alpha value is -3.09. The number of hydrogen-bond donors (Lipinski definition) is 1. The largest absolute Gasteiger partial charge is 0.321 e. The summed E-state index contributed by atoms with van der Waals surface area (Å²) in [5, 5.41) is 14.9. The first kappa shape index (κ1) is 14.8. The Morgan fingerprint density at radius 2 is 2.04 bits per heavy atom. The lowest BCUT2D eigenvalue weighted by Gasteiger charge is -2.08. The fourth-order valence-electron chi connectivity index (χ4n) is 2.10. The summed E-state index contributed by atoms with van der Waals surface area (Å²) in [6, 6.07) is 12.6. The third kappa shape index (κ3) is 3.23. The Morgan fingerprint density at radius 3 is 2.78 bits per heavy atom. The Bertz CT molecular complexity index is 846. The van der Waals surface area contributed by atoms with E-state index in [2.05, 4.69) is 20.7 Å². The normalized spacial score (nSPS) is 10.5. The standard InChI is InChI=1S/C16H14FN5O/c1-2-22-20-15(19-21-22)13-8-3-4-9-14(13)18-16(23)11-6-5-7-12(17)10-11/h3-10H,2H2,1H3,(H,18,23). The minimum absolute atomic E-state index is 0.241. The van der Waals surface area contributed by atoms with E-state index >= 15 is 0 Å². The molecule has 0 spiro atoms. The van der Waals surface area contributed by atoms with Crippen LogP contribution in [0.2, 0.25) is 0 Å². The van der Waals surface area contributed by atoms with Crippen molar-refractivity contribution in [2.45, 2.75) is 13.5 Å². The van der Waals surface area contributed by atoms with Crippen LogP contribution < -0.4 is 5.32 Å². The SMILES string of the molecule is CCn1nnc(-c2ccccc2NC(=O)c2cccc(F)c2)n1. The molecule has 0 unspecified atom stereocenters. The first-order valence-electron chi connectivity index (χ1n) is 7.11. The second-order valence-electron chi connectivity index (χ2n) is 4.81. The zero-order chi connectivity index (χ0) is 16.2. The fraction of sp³-hybridized carbons (Fsp3) is 0.125. The lowest BCUT2D eigenvalue weighted by Crippen LogP contribution is -2.13. The molecule has 2 aromatic carbocycles. The number of para-hydroxylation sites is 1. The molecule has 0 saturated heterocycles. The third-order valence-electron chi connectivity index (χ3n) is 3.24. The molecular weight excluding hydrogens is 297 g/mol. The fourth-order valence-corrected chi connectivity index (χ4v) is 2.10. The summed E-state index contributed by atoms with van der Waals surface area (Å²) in [5.41, 5.74) is 1.43. The van der Waals surface area contributed by atoms with Crippen LogP contribution in [-0.4, -0.2) is 26.1 Å². The van der Waals surface area contributed by atoms with Gasteiger partial charge in [-0.2, -0.15) is 4.80 Å². The van der Waals surface area contributed by atoms with Crippen molar-refractivity contribution in [3.8, 4) is 11.4 Å². The van der Waals surface area contributed by atoms with Crippen molar-refractivity contribution in [3.63, 3.8) is 0 Å². The number of amides is 1. The predicted octanol–water partition coefficient (Wildman–Crippen LogP) is 2.75. The number of aromatic nitrogens is 4. The molecular formula is C16H14FN5O. The Kier molecular flexibility index (Phi) is 4.09. The molecule has 23 heavy (non-hydrogen) atoms. The molecule has 6 nitrogen and oxygen atoms in total. The van der Waals surface area contributed by atoms with Crippen LogP contribution in [0.5, 0.6) is 0 Å². The van der Waals surface area contributed by atoms with Crippen molar-refractivity contribution in [2.75, 3.05) is 5.32 Å². The number of nitrogens with one attached hydrogen (secondary N) is 1. The highest BCUT2D eigenvalue weighted by Gasteiger charge is 2.13. The highest BCUT2D eigenvalue weighted by Crippen LogP contribution is 2.24. The van der Waals surface area contributed by atoms with Crippen LogP contribution in [0.25, 0.3) is 11.4 Å². The van der Waals surface area contributed by atoms with Gasteiger partial charge < -0.3 is 5.32 Å². The molecule has 1 amide bonds. The maximum atomic E-state index is 13.2.